The summed E-state index contributed by atoms with van der Waals surface area (Å²) >= 11 is 0. The van der Waals surface area contributed by atoms with Crippen molar-refractivity contribution in [2.75, 3.05) is 0 Å². The van der Waals surface area contributed by atoms with Crippen LogP contribution in [0.4, 0.5) is 0 Å². The minimum Gasteiger partial charge on any atom is -0.309 e. The summed E-state index contributed by atoms with van der Waals surface area (Å²) in [5, 5.41) is 2.44. The van der Waals surface area contributed by atoms with Gasteiger partial charge >= 0.3 is 0 Å². The molecule has 0 saturated heterocycles. The van der Waals surface area contributed by atoms with Gasteiger partial charge < -0.3 is 4.57 Å². The number of hydrogen-bond donors (Lipinski definition) is 0. The molecular weight excluding hydrogens is 562 g/mol. The minimum absolute atomic E-state index is 0.813. The number of aromatic nitrogens is 5. The normalized spacial score (nSPS) is 11.5. The van der Waals surface area contributed by atoms with E-state index in [4.69, 9.17) is 9.97 Å². The van der Waals surface area contributed by atoms with E-state index in [9.17, 15) is 0 Å². The minimum atomic E-state index is 0.813. The topological polar surface area (TPSA) is 48.5 Å². The van der Waals surface area contributed by atoms with E-state index in [0.29, 0.717) is 0 Å². The molecule has 0 N–H and O–H groups in total. The summed E-state index contributed by atoms with van der Waals surface area (Å²) in [4.78, 5) is 14.8. The zero-order valence-electron chi connectivity index (χ0n) is 24.8. The van der Waals surface area contributed by atoms with Gasteiger partial charge in [0.25, 0.3) is 0 Å². The van der Waals surface area contributed by atoms with Gasteiger partial charge in [0, 0.05) is 57.4 Å². The zero-order valence-corrected chi connectivity index (χ0v) is 24.8. The van der Waals surface area contributed by atoms with Crippen LogP contribution < -0.4 is 0 Å². The largest absolute Gasteiger partial charge is 0.309 e. The predicted molar refractivity (Wildman–Crippen MR) is 187 cm³/mol. The maximum atomic E-state index is 5.39. The summed E-state index contributed by atoms with van der Waals surface area (Å²) < 4.78 is 4.54. The molecule has 0 spiro atoms. The molecule has 9 rings (SSSR count). The Morgan fingerprint density at radius 2 is 1.11 bits per heavy atom. The maximum Gasteiger partial charge on any atom is 0.165 e. The molecule has 0 aliphatic carbocycles. The van der Waals surface area contributed by atoms with Crippen LogP contribution in [0.2, 0.25) is 0 Å². The molecule has 4 heterocycles. The van der Waals surface area contributed by atoms with Crippen LogP contribution in [0.5, 0.6) is 0 Å². The molecule has 216 valence electrons. The summed E-state index contributed by atoms with van der Waals surface area (Å²) in [6, 6.07) is 50.9. The van der Waals surface area contributed by atoms with Crippen molar-refractivity contribution in [3.8, 4) is 45.0 Å². The molecule has 5 heteroatoms. The molecule has 4 aromatic heterocycles. The van der Waals surface area contributed by atoms with Crippen molar-refractivity contribution in [1.82, 2.24) is 24.1 Å². The Bertz CT molecular complexity index is 2460. The lowest BCUT2D eigenvalue weighted by molar-refractivity contribution is 1.07. The Labute approximate surface area is 265 Å². The number of benzene rings is 5. The molecule has 0 fully saturated rings. The second-order valence-corrected chi connectivity index (χ2v) is 11.4. The van der Waals surface area contributed by atoms with Crippen molar-refractivity contribution in [3.05, 3.63) is 164 Å². The Kier molecular flexibility index (Phi) is 6.06. The molecule has 0 radical (unpaired) electrons. The molecule has 5 nitrogen and oxygen atoms in total. The Balaban J connectivity index is 1.38. The third-order valence-electron chi connectivity index (χ3n) is 8.65. The highest BCUT2D eigenvalue weighted by atomic mass is 15.1. The van der Waals surface area contributed by atoms with Crippen molar-refractivity contribution in [2.45, 2.75) is 0 Å². The molecule has 0 bridgehead atoms. The highest BCUT2D eigenvalue weighted by Gasteiger charge is 2.21. The molecule has 9 aromatic rings. The van der Waals surface area contributed by atoms with Gasteiger partial charge in [0.1, 0.15) is 11.3 Å². The number of fused-ring (bicyclic) bond motifs is 4. The van der Waals surface area contributed by atoms with Gasteiger partial charge in [-0.1, -0.05) is 91.0 Å². The standard InChI is InChI=1S/C41H27N5/c1-3-12-28(13-4-1)34-21-23-43-41-39(34)44-40(46(41)32-15-5-2-6-16-32)31-24-30(29-14-11-22-42-27-29)25-33(26-31)45-37-19-9-7-17-35(37)36-18-8-10-20-38(36)45/h1-27H. The van der Waals surface area contributed by atoms with Crippen molar-refractivity contribution in [1.29, 1.82) is 0 Å². The highest BCUT2D eigenvalue weighted by molar-refractivity contribution is 6.09. The maximum absolute atomic E-state index is 5.39. The van der Waals surface area contributed by atoms with Crippen LogP contribution >= 0.6 is 0 Å². The molecule has 5 aromatic carbocycles. The van der Waals surface area contributed by atoms with Crippen LogP contribution in [0.3, 0.4) is 0 Å². The Hall–Kier alpha value is -6.33. The van der Waals surface area contributed by atoms with Crippen LogP contribution in [0.1, 0.15) is 0 Å². The number of rotatable bonds is 5. The van der Waals surface area contributed by atoms with E-state index in [-0.39, 0.29) is 0 Å². The number of pyridine rings is 2. The fourth-order valence-corrected chi connectivity index (χ4v) is 6.61. The van der Waals surface area contributed by atoms with Gasteiger partial charge in [0.2, 0.25) is 0 Å². The van der Waals surface area contributed by atoms with E-state index in [1.54, 1.807) is 0 Å². The predicted octanol–water partition coefficient (Wildman–Crippen LogP) is 9.91. The third-order valence-corrected chi connectivity index (χ3v) is 8.65. The van der Waals surface area contributed by atoms with Crippen LogP contribution in [-0.2, 0) is 0 Å². The van der Waals surface area contributed by atoms with E-state index < -0.39 is 0 Å². The average Bonchev–Trinajstić information content (AvgIpc) is 3.69. The Morgan fingerprint density at radius 3 is 1.83 bits per heavy atom. The van der Waals surface area contributed by atoms with Gasteiger partial charge in [-0.2, -0.15) is 0 Å². The molecular formula is C41H27N5. The molecule has 46 heavy (non-hydrogen) atoms. The quantitative estimate of drug-likeness (QED) is 0.201. The molecule has 0 unspecified atom stereocenters. The van der Waals surface area contributed by atoms with Gasteiger partial charge in [-0.15, -0.1) is 0 Å². The van der Waals surface area contributed by atoms with Crippen LogP contribution in [0.15, 0.2) is 164 Å². The molecule has 0 atom stereocenters. The summed E-state index contributed by atoms with van der Waals surface area (Å²) in [6.45, 7) is 0. The number of para-hydroxylation sites is 3. The lowest BCUT2D eigenvalue weighted by Crippen LogP contribution is -2.01. The smallest absolute Gasteiger partial charge is 0.165 e. The number of nitrogens with zero attached hydrogens (tertiary/aromatic N) is 5. The zero-order chi connectivity index (χ0) is 30.5. The van der Waals surface area contributed by atoms with Gasteiger partial charge in [0.15, 0.2) is 5.65 Å². The lowest BCUT2D eigenvalue weighted by Gasteiger charge is -2.15. The second kappa shape index (κ2) is 10.7. The average molecular weight is 590 g/mol. The molecule has 0 aliphatic rings. The lowest BCUT2D eigenvalue weighted by atomic mass is 10.0. The van der Waals surface area contributed by atoms with Crippen molar-refractivity contribution >= 4 is 33.0 Å². The summed E-state index contributed by atoms with van der Waals surface area (Å²) in [7, 11) is 0. The monoisotopic (exact) mass is 589 g/mol. The summed E-state index contributed by atoms with van der Waals surface area (Å²) in [5.41, 5.74) is 11.3. The van der Waals surface area contributed by atoms with E-state index in [0.717, 1.165) is 67.2 Å². The Morgan fingerprint density at radius 1 is 0.457 bits per heavy atom. The van der Waals surface area contributed by atoms with Gasteiger partial charge in [0.05, 0.1) is 11.0 Å². The van der Waals surface area contributed by atoms with Crippen LogP contribution in [0, 0.1) is 0 Å². The van der Waals surface area contributed by atoms with E-state index in [2.05, 4.69) is 142 Å². The summed E-state index contributed by atoms with van der Waals surface area (Å²) in [6.07, 6.45) is 5.61. The first-order chi connectivity index (χ1) is 22.8. The third kappa shape index (κ3) is 4.21. The summed E-state index contributed by atoms with van der Waals surface area (Å²) in [5.74, 6) is 0.824. The van der Waals surface area contributed by atoms with E-state index in [1.807, 2.05) is 36.8 Å². The van der Waals surface area contributed by atoms with Gasteiger partial charge in [-0.3, -0.25) is 9.55 Å². The van der Waals surface area contributed by atoms with Gasteiger partial charge in [-0.25, -0.2) is 9.97 Å². The van der Waals surface area contributed by atoms with Crippen molar-refractivity contribution < 1.29 is 0 Å². The first-order valence-corrected chi connectivity index (χ1v) is 15.4. The molecule has 0 saturated carbocycles. The molecule has 0 amide bonds. The first kappa shape index (κ1) is 26.1. The van der Waals surface area contributed by atoms with Crippen molar-refractivity contribution in [2.24, 2.45) is 0 Å². The molecule has 0 aliphatic heterocycles. The highest BCUT2D eigenvalue weighted by Crippen LogP contribution is 2.38. The second-order valence-electron chi connectivity index (χ2n) is 11.4. The number of hydrogen-bond acceptors (Lipinski definition) is 3. The van der Waals surface area contributed by atoms with Crippen LogP contribution in [0.25, 0.3) is 78.0 Å². The van der Waals surface area contributed by atoms with E-state index in [1.165, 1.54) is 10.8 Å². The van der Waals surface area contributed by atoms with Gasteiger partial charge in [-0.05, 0) is 65.7 Å². The van der Waals surface area contributed by atoms with E-state index >= 15 is 0 Å². The fourth-order valence-electron chi connectivity index (χ4n) is 6.61. The fraction of sp³-hybridized carbons (Fsp3) is 0. The first-order valence-electron chi connectivity index (χ1n) is 15.4. The van der Waals surface area contributed by atoms with Crippen LogP contribution in [-0.4, -0.2) is 24.1 Å². The number of imidazole rings is 1. The van der Waals surface area contributed by atoms with Crippen molar-refractivity contribution in [3.63, 3.8) is 0 Å². The SMILES string of the molecule is c1ccc(-c2ccnc3c2nc(-c2cc(-c4cccnc4)cc(-n4c5ccccc5c5ccccc54)c2)n3-c2ccccc2)cc1.